The molecule has 2 aliphatic rings. The Labute approximate surface area is 117 Å². The minimum Gasteiger partial charge on any atom is -0.369 e. The average Bonchev–Trinajstić information content (AvgIpc) is 2.47. The number of ether oxygens (including phenoxy) is 1. The monoisotopic (exact) mass is 267 g/mol. The van der Waals surface area contributed by atoms with Crippen LogP contribution in [0.4, 0.5) is 0 Å². The summed E-state index contributed by atoms with van der Waals surface area (Å²) >= 11 is 0. The molecule has 0 aromatic rings. The van der Waals surface area contributed by atoms with Gasteiger partial charge in [0.1, 0.15) is 5.78 Å². The molecule has 0 aromatic carbocycles. The number of carbonyl (C=O) groups excluding carboxylic acids is 1. The van der Waals surface area contributed by atoms with Crippen molar-refractivity contribution in [3.05, 3.63) is 0 Å². The van der Waals surface area contributed by atoms with Gasteiger partial charge in [0, 0.05) is 17.9 Å². The number of Topliss-reactive ketones (excluding diaryl/α,β-unsaturated/α-hetero) is 1. The second-order valence-corrected chi connectivity index (χ2v) is 7.79. The number of rotatable bonds is 3. The zero-order valence-corrected chi connectivity index (χ0v) is 12.9. The molecule has 19 heavy (non-hydrogen) atoms. The predicted molar refractivity (Wildman–Crippen MR) is 77.0 cm³/mol. The number of carbonyl (C=O) groups is 1. The molecule has 0 aromatic heterocycles. The standard InChI is InChI=1S/C16H29NO2/c1-14(2)10-12(15(3,4)19-14)13(18)11-16(17)8-6-5-7-9-16/h12H,5-11,17H2,1-4H3. The molecule has 1 heterocycles. The van der Waals surface area contributed by atoms with E-state index in [1.807, 2.05) is 13.8 Å². The summed E-state index contributed by atoms with van der Waals surface area (Å²) in [6, 6.07) is 0. The van der Waals surface area contributed by atoms with E-state index in [1.165, 1.54) is 19.3 Å². The summed E-state index contributed by atoms with van der Waals surface area (Å²) < 4.78 is 6.03. The summed E-state index contributed by atoms with van der Waals surface area (Å²) in [4.78, 5) is 12.7. The minimum atomic E-state index is -0.356. The van der Waals surface area contributed by atoms with Gasteiger partial charge in [0.2, 0.25) is 0 Å². The van der Waals surface area contributed by atoms with Gasteiger partial charge in [0.15, 0.2) is 0 Å². The van der Waals surface area contributed by atoms with Crippen molar-refractivity contribution in [2.24, 2.45) is 11.7 Å². The molecule has 3 nitrogen and oxygen atoms in total. The first-order chi connectivity index (χ1) is 8.64. The molecule has 2 rings (SSSR count). The van der Waals surface area contributed by atoms with E-state index in [2.05, 4.69) is 13.8 Å². The van der Waals surface area contributed by atoms with Gasteiger partial charge >= 0.3 is 0 Å². The summed E-state index contributed by atoms with van der Waals surface area (Å²) in [5.74, 6) is 0.296. The van der Waals surface area contributed by atoms with Crippen molar-refractivity contribution in [2.75, 3.05) is 0 Å². The first-order valence-corrected chi connectivity index (χ1v) is 7.65. The summed E-state index contributed by atoms with van der Waals surface area (Å²) in [7, 11) is 0. The van der Waals surface area contributed by atoms with Crippen LogP contribution in [0.1, 0.15) is 72.6 Å². The van der Waals surface area contributed by atoms with E-state index in [4.69, 9.17) is 10.5 Å². The van der Waals surface area contributed by atoms with Crippen LogP contribution in [0.2, 0.25) is 0 Å². The Hall–Kier alpha value is -0.410. The first kappa shape index (κ1) is 15.0. The lowest BCUT2D eigenvalue weighted by atomic mass is 9.74. The molecule has 1 unspecified atom stereocenters. The van der Waals surface area contributed by atoms with Gasteiger partial charge in [0.05, 0.1) is 11.2 Å². The first-order valence-electron chi connectivity index (χ1n) is 7.65. The largest absolute Gasteiger partial charge is 0.369 e. The van der Waals surface area contributed by atoms with Gasteiger partial charge in [0.25, 0.3) is 0 Å². The third-order valence-electron chi connectivity index (χ3n) is 4.84. The SMILES string of the molecule is CC1(C)CC(C(=O)CC2(N)CCCCC2)C(C)(C)O1. The van der Waals surface area contributed by atoms with Crippen LogP contribution in [-0.4, -0.2) is 22.5 Å². The molecule has 3 heteroatoms. The van der Waals surface area contributed by atoms with Gasteiger partial charge in [-0.05, 0) is 47.0 Å². The van der Waals surface area contributed by atoms with Crippen LogP contribution in [0.5, 0.6) is 0 Å². The van der Waals surface area contributed by atoms with E-state index < -0.39 is 0 Å². The fourth-order valence-electron chi connectivity index (χ4n) is 3.97. The fourth-order valence-corrected chi connectivity index (χ4v) is 3.97. The molecular formula is C16H29NO2. The van der Waals surface area contributed by atoms with Crippen molar-refractivity contribution in [3.63, 3.8) is 0 Å². The summed E-state index contributed by atoms with van der Waals surface area (Å²) in [5, 5.41) is 0. The smallest absolute Gasteiger partial charge is 0.140 e. The van der Waals surface area contributed by atoms with Gasteiger partial charge in [-0.1, -0.05) is 19.3 Å². The maximum atomic E-state index is 12.7. The Balaban J connectivity index is 2.04. The lowest BCUT2D eigenvalue weighted by molar-refractivity contribution is -0.130. The summed E-state index contributed by atoms with van der Waals surface area (Å²) in [6.07, 6.45) is 6.93. The zero-order valence-electron chi connectivity index (χ0n) is 12.9. The van der Waals surface area contributed by atoms with Gasteiger partial charge in [-0.3, -0.25) is 4.79 Å². The van der Waals surface area contributed by atoms with Crippen molar-refractivity contribution in [2.45, 2.75) is 89.4 Å². The van der Waals surface area contributed by atoms with Gasteiger partial charge in [-0.25, -0.2) is 0 Å². The maximum absolute atomic E-state index is 12.7. The van der Waals surface area contributed by atoms with Crippen LogP contribution >= 0.6 is 0 Å². The van der Waals surface area contributed by atoms with Crippen molar-refractivity contribution in [1.82, 2.24) is 0 Å². The molecular weight excluding hydrogens is 238 g/mol. The van der Waals surface area contributed by atoms with E-state index in [1.54, 1.807) is 0 Å². The second kappa shape index (κ2) is 4.85. The third kappa shape index (κ3) is 3.38. The highest BCUT2D eigenvalue weighted by atomic mass is 16.5. The molecule has 1 aliphatic carbocycles. The van der Waals surface area contributed by atoms with Gasteiger partial charge in [-0.2, -0.15) is 0 Å². The number of hydrogen-bond acceptors (Lipinski definition) is 3. The predicted octanol–water partition coefficient (Wildman–Crippen LogP) is 3.20. The van der Waals surface area contributed by atoms with Gasteiger partial charge < -0.3 is 10.5 Å². The van der Waals surface area contributed by atoms with Crippen molar-refractivity contribution >= 4 is 5.78 Å². The highest BCUT2D eigenvalue weighted by molar-refractivity contribution is 5.83. The lowest BCUT2D eigenvalue weighted by Gasteiger charge is -2.35. The molecule has 1 atom stereocenters. The summed E-state index contributed by atoms with van der Waals surface area (Å²) in [5.41, 5.74) is 5.62. The Morgan fingerprint density at radius 1 is 1.16 bits per heavy atom. The van der Waals surface area contributed by atoms with Gasteiger partial charge in [-0.15, -0.1) is 0 Å². The van der Waals surface area contributed by atoms with Crippen molar-refractivity contribution in [1.29, 1.82) is 0 Å². The normalized spacial score (nSPS) is 32.2. The molecule has 0 spiro atoms. The Morgan fingerprint density at radius 2 is 1.74 bits per heavy atom. The molecule has 2 N–H and O–H groups in total. The van der Waals surface area contributed by atoms with Crippen LogP contribution in [-0.2, 0) is 9.53 Å². The highest BCUT2D eigenvalue weighted by Gasteiger charge is 2.50. The van der Waals surface area contributed by atoms with Crippen molar-refractivity contribution < 1.29 is 9.53 Å². The molecule has 110 valence electrons. The van der Waals surface area contributed by atoms with Crippen molar-refractivity contribution in [3.8, 4) is 0 Å². The minimum absolute atomic E-state index is 0.00940. The Kier molecular flexibility index (Phi) is 3.83. The van der Waals surface area contributed by atoms with Crippen LogP contribution in [0.25, 0.3) is 0 Å². The Bertz CT molecular complexity index is 354. The van der Waals surface area contributed by atoms with E-state index in [-0.39, 0.29) is 22.7 Å². The third-order valence-corrected chi connectivity index (χ3v) is 4.84. The van der Waals surface area contributed by atoms with E-state index >= 15 is 0 Å². The van der Waals surface area contributed by atoms with Crippen LogP contribution in [0.3, 0.4) is 0 Å². The number of nitrogens with two attached hydrogens (primary N) is 1. The molecule has 0 amide bonds. The average molecular weight is 267 g/mol. The number of hydrogen-bond donors (Lipinski definition) is 1. The maximum Gasteiger partial charge on any atom is 0.140 e. The van der Waals surface area contributed by atoms with Crippen LogP contribution in [0, 0.1) is 5.92 Å². The number of ketones is 1. The van der Waals surface area contributed by atoms with E-state index in [0.717, 1.165) is 19.3 Å². The molecule has 1 saturated carbocycles. The van der Waals surface area contributed by atoms with Crippen LogP contribution < -0.4 is 5.73 Å². The molecule has 2 fully saturated rings. The topological polar surface area (TPSA) is 52.3 Å². The molecule has 1 saturated heterocycles. The highest BCUT2D eigenvalue weighted by Crippen LogP contribution is 2.44. The molecule has 1 aliphatic heterocycles. The lowest BCUT2D eigenvalue weighted by Crippen LogP contribution is -2.46. The molecule has 0 bridgehead atoms. The summed E-state index contributed by atoms with van der Waals surface area (Å²) in [6.45, 7) is 8.21. The zero-order chi connectivity index (χ0) is 14.3. The molecule has 0 radical (unpaired) electrons. The quantitative estimate of drug-likeness (QED) is 0.854. The second-order valence-electron chi connectivity index (χ2n) is 7.79. The van der Waals surface area contributed by atoms with Crippen LogP contribution in [0.15, 0.2) is 0 Å². The Morgan fingerprint density at radius 3 is 2.21 bits per heavy atom. The fraction of sp³-hybridized carbons (Fsp3) is 0.938. The van der Waals surface area contributed by atoms with E-state index in [9.17, 15) is 4.79 Å². The van der Waals surface area contributed by atoms with E-state index in [0.29, 0.717) is 12.2 Å².